The number of hydrogen-bond donors (Lipinski definition) is 1. The van der Waals surface area contributed by atoms with Gasteiger partial charge in [0.25, 0.3) is 0 Å². The standard InChI is InChI=1S/C20H27NO5/c1-12-18(19(22)23-5)14(9-17(26-12)20(2,3)4)21-10-13-6-7-15-16(8-13)25-11-24-15/h6-8,12,17,21H,9-11H2,1-5H3/t12-,17-/m0/s1. The maximum atomic E-state index is 12.3. The molecule has 0 bridgehead atoms. The summed E-state index contributed by atoms with van der Waals surface area (Å²) in [6.07, 6.45) is 0.341. The largest absolute Gasteiger partial charge is 0.466 e. The number of fused-ring (bicyclic) bond motifs is 1. The first-order valence-electron chi connectivity index (χ1n) is 8.89. The lowest BCUT2D eigenvalue weighted by Gasteiger charge is -2.38. The quantitative estimate of drug-likeness (QED) is 0.831. The molecule has 0 unspecified atom stereocenters. The number of esters is 1. The fraction of sp³-hybridized carbons (Fsp3) is 0.550. The zero-order valence-corrected chi connectivity index (χ0v) is 16.0. The minimum Gasteiger partial charge on any atom is -0.466 e. The Hall–Kier alpha value is -2.21. The van der Waals surface area contributed by atoms with Crippen LogP contribution in [0.5, 0.6) is 11.5 Å². The van der Waals surface area contributed by atoms with E-state index in [4.69, 9.17) is 18.9 Å². The Morgan fingerprint density at radius 1 is 1.27 bits per heavy atom. The third-order valence-corrected chi connectivity index (χ3v) is 4.80. The Morgan fingerprint density at radius 2 is 2.00 bits per heavy atom. The first kappa shape index (κ1) is 18.6. The van der Waals surface area contributed by atoms with Gasteiger partial charge in [-0.2, -0.15) is 0 Å². The molecule has 3 rings (SSSR count). The highest BCUT2D eigenvalue weighted by molar-refractivity contribution is 5.90. The molecule has 1 N–H and O–H groups in total. The van der Waals surface area contributed by atoms with E-state index in [0.717, 1.165) is 22.8 Å². The molecule has 1 aromatic rings. The molecule has 0 saturated carbocycles. The molecule has 1 aromatic carbocycles. The van der Waals surface area contributed by atoms with Gasteiger partial charge in [0.05, 0.1) is 24.9 Å². The highest BCUT2D eigenvalue weighted by Crippen LogP contribution is 2.35. The van der Waals surface area contributed by atoms with E-state index in [1.807, 2.05) is 25.1 Å². The van der Waals surface area contributed by atoms with Crippen molar-refractivity contribution in [1.29, 1.82) is 0 Å². The summed E-state index contributed by atoms with van der Waals surface area (Å²) in [7, 11) is 1.40. The van der Waals surface area contributed by atoms with Crippen LogP contribution in [0.1, 0.15) is 39.7 Å². The zero-order chi connectivity index (χ0) is 18.9. The van der Waals surface area contributed by atoms with E-state index in [-0.39, 0.29) is 30.4 Å². The molecule has 0 radical (unpaired) electrons. The van der Waals surface area contributed by atoms with E-state index in [0.29, 0.717) is 18.5 Å². The average Bonchev–Trinajstić information content (AvgIpc) is 3.05. The number of carbonyl (C=O) groups excluding carboxylic acids is 1. The van der Waals surface area contributed by atoms with Crippen LogP contribution in [-0.2, 0) is 20.8 Å². The first-order valence-corrected chi connectivity index (χ1v) is 8.89. The Kier molecular flexibility index (Phi) is 5.14. The molecule has 6 heteroatoms. The molecule has 0 amide bonds. The van der Waals surface area contributed by atoms with Crippen molar-refractivity contribution < 1.29 is 23.7 Å². The zero-order valence-electron chi connectivity index (χ0n) is 16.0. The Labute approximate surface area is 154 Å². The van der Waals surface area contributed by atoms with Crippen molar-refractivity contribution in [3.8, 4) is 11.5 Å². The van der Waals surface area contributed by atoms with Gasteiger partial charge in [0, 0.05) is 18.7 Å². The summed E-state index contributed by atoms with van der Waals surface area (Å²) in [4.78, 5) is 12.3. The van der Waals surface area contributed by atoms with E-state index in [9.17, 15) is 4.79 Å². The summed E-state index contributed by atoms with van der Waals surface area (Å²) >= 11 is 0. The molecule has 0 spiro atoms. The topological polar surface area (TPSA) is 66.0 Å². The van der Waals surface area contributed by atoms with Gasteiger partial charge in [-0.05, 0) is 30.0 Å². The fourth-order valence-electron chi connectivity index (χ4n) is 3.24. The molecule has 2 aliphatic heterocycles. The van der Waals surface area contributed by atoms with Gasteiger partial charge in [0.1, 0.15) is 0 Å². The normalized spacial score (nSPS) is 22.3. The fourth-order valence-corrected chi connectivity index (χ4v) is 3.24. The van der Waals surface area contributed by atoms with Gasteiger partial charge in [-0.15, -0.1) is 0 Å². The van der Waals surface area contributed by atoms with E-state index in [1.165, 1.54) is 7.11 Å². The van der Waals surface area contributed by atoms with E-state index < -0.39 is 0 Å². The molecule has 142 valence electrons. The number of rotatable bonds is 4. The summed E-state index contributed by atoms with van der Waals surface area (Å²) in [5, 5.41) is 3.43. The minimum absolute atomic E-state index is 0.0187. The summed E-state index contributed by atoms with van der Waals surface area (Å²) in [6.45, 7) is 9.16. The summed E-state index contributed by atoms with van der Waals surface area (Å²) in [6, 6.07) is 5.85. The molecule has 6 nitrogen and oxygen atoms in total. The van der Waals surface area contributed by atoms with Gasteiger partial charge in [-0.1, -0.05) is 26.8 Å². The lowest BCUT2D eigenvalue weighted by atomic mass is 9.83. The molecule has 2 aliphatic rings. The minimum atomic E-state index is -0.349. The predicted molar refractivity (Wildman–Crippen MR) is 96.9 cm³/mol. The smallest absolute Gasteiger partial charge is 0.338 e. The van der Waals surface area contributed by atoms with Gasteiger partial charge < -0.3 is 24.3 Å². The van der Waals surface area contributed by atoms with Crippen LogP contribution in [-0.4, -0.2) is 32.1 Å². The molecular weight excluding hydrogens is 334 g/mol. The van der Waals surface area contributed by atoms with Crippen LogP contribution in [0.2, 0.25) is 0 Å². The molecule has 2 atom stereocenters. The first-order chi connectivity index (χ1) is 12.3. The van der Waals surface area contributed by atoms with Crippen molar-refractivity contribution in [3.05, 3.63) is 35.0 Å². The van der Waals surface area contributed by atoms with Gasteiger partial charge in [0.15, 0.2) is 11.5 Å². The maximum absolute atomic E-state index is 12.3. The van der Waals surface area contributed by atoms with Crippen molar-refractivity contribution in [1.82, 2.24) is 5.32 Å². The highest BCUT2D eigenvalue weighted by atomic mass is 16.7. The highest BCUT2D eigenvalue weighted by Gasteiger charge is 2.37. The molecule has 2 heterocycles. The average molecular weight is 361 g/mol. The van der Waals surface area contributed by atoms with Crippen LogP contribution in [0.4, 0.5) is 0 Å². The number of nitrogens with one attached hydrogen (secondary N) is 1. The molecule has 0 saturated heterocycles. The SMILES string of the molecule is COC(=O)C1=C(NCc2ccc3c(c2)OCO3)C[C@@H](C(C)(C)C)O[C@H]1C. The summed E-state index contributed by atoms with van der Waals surface area (Å²) < 4.78 is 21.8. The number of carbonyl (C=O) groups is 1. The molecule has 0 aliphatic carbocycles. The third kappa shape index (κ3) is 3.80. The number of hydrogen-bond acceptors (Lipinski definition) is 6. The van der Waals surface area contributed by atoms with Crippen LogP contribution in [0.15, 0.2) is 29.5 Å². The third-order valence-electron chi connectivity index (χ3n) is 4.80. The molecule has 26 heavy (non-hydrogen) atoms. The van der Waals surface area contributed by atoms with Crippen LogP contribution in [0.3, 0.4) is 0 Å². The van der Waals surface area contributed by atoms with Gasteiger partial charge in [0.2, 0.25) is 6.79 Å². The van der Waals surface area contributed by atoms with Crippen molar-refractivity contribution in [2.45, 2.75) is 52.9 Å². The van der Waals surface area contributed by atoms with Crippen molar-refractivity contribution >= 4 is 5.97 Å². The van der Waals surface area contributed by atoms with Crippen molar-refractivity contribution in [2.75, 3.05) is 13.9 Å². The predicted octanol–water partition coefficient (Wildman–Crippen LogP) is 3.16. The van der Waals surface area contributed by atoms with E-state index >= 15 is 0 Å². The second kappa shape index (κ2) is 7.19. The molecular formula is C20H27NO5. The summed E-state index contributed by atoms with van der Waals surface area (Å²) in [5.41, 5.74) is 2.47. The second-order valence-electron chi connectivity index (χ2n) is 7.76. The van der Waals surface area contributed by atoms with Crippen LogP contribution < -0.4 is 14.8 Å². The number of benzene rings is 1. The Bertz CT molecular complexity index is 719. The Morgan fingerprint density at radius 3 is 2.69 bits per heavy atom. The van der Waals surface area contributed by atoms with E-state index in [2.05, 4.69) is 26.1 Å². The Balaban J connectivity index is 1.81. The van der Waals surface area contributed by atoms with Crippen molar-refractivity contribution in [3.63, 3.8) is 0 Å². The summed E-state index contributed by atoms with van der Waals surface area (Å²) in [5.74, 6) is 1.16. The van der Waals surface area contributed by atoms with E-state index in [1.54, 1.807) is 0 Å². The number of methoxy groups -OCH3 is 1. The second-order valence-corrected chi connectivity index (χ2v) is 7.76. The van der Waals surface area contributed by atoms with Gasteiger partial charge >= 0.3 is 5.97 Å². The monoisotopic (exact) mass is 361 g/mol. The van der Waals surface area contributed by atoms with Gasteiger partial charge in [-0.3, -0.25) is 0 Å². The lowest BCUT2D eigenvalue weighted by Crippen LogP contribution is -2.42. The van der Waals surface area contributed by atoms with Crippen LogP contribution in [0.25, 0.3) is 0 Å². The van der Waals surface area contributed by atoms with Crippen LogP contribution in [0, 0.1) is 5.41 Å². The lowest BCUT2D eigenvalue weighted by molar-refractivity contribution is -0.140. The molecule has 0 fully saturated rings. The van der Waals surface area contributed by atoms with Crippen molar-refractivity contribution in [2.24, 2.45) is 5.41 Å². The number of ether oxygens (including phenoxy) is 4. The van der Waals surface area contributed by atoms with Gasteiger partial charge in [-0.25, -0.2) is 4.79 Å². The van der Waals surface area contributed by atoms with Crippen LogP contribution >= 0.6 is 0 Å². The maximum Gasteiger partial charge on any atom is 0.338 e. The molecule has 0 aromatic heterocycles.